The van der Waals surface area contributed by atoms with Crippen molar-refractivity contribution in [3.8, 4) is 0 Å². The molecule has 0 aliphatic rings. The highest BCUT2D eigenvalue weighted by Crippen LogP contribution is 2.14. The molecule has 1 N–H and O–H groups in total. The predicted molar refractivity (Wildman–Crippen MR) is 67.1 cm³/mol. The van der Waals surface area contributed by atoms with E-state index >= 15 is 0 Å². The highest BCUT2D eigenvalue weighted by molar-refractivity contribution is 5.24. The average Bonchev–Trinajstić information content (AvgIpc) is 2.29. The maximum atomic E-state index is 3.58. The molecule has 15 heavy (non-hydrogen) atoms. The second-order valence-corrected chi connectivity index (χ2v) is 4.29. The van der Waals surface area contributed by atoms with E-state index in [2.05, 4.69) is 57.3 Å². The summed E-state index contributed by atoms with van der Waals surface area (Å²) in [6.07, 6.45) is 2.30. The van der Waals surface area contributed by atoms with Gasteiger partial charge >= 0.3 is 0 Å². The second kappa shape index (κ2) is 5.92. The zero-order valence-electron chi connectivity index (χ0n) is 10.4. The van der Waals surface area contributed by atoms with Gasteiger partial charge in [0.25, 0.3) is 0 Å². The van der Waals surface area contributed by atoms with Crippen molar-refractivity contribution < 1.29 is 0 Å². The fourth-order valence-electron chi connectivity index (χ4n) is 1.68. The molecule has 0 aliphatic heterocycles. The molecule has 0 aromatic heterocycles. The first kappa shape index (κ1) is 12.3. The monoisotopic (exact) mass is 205 g/mol. The summed E-state index contributed by atoms with van der Waals surface area (Å²) in [6, 6.07) is 9.96. The third-order valence-electron chi connectivity index (χ3n) is 3.03. The number of hydrogen-bond acceptors (Lipinski definition) is 1. The highest BCUT2D eigenvalue weighted by atomic mass is 14.9. The third kappa shape index (κ3) is 3.67. The molecular weight excluding hydrogens is 182 g/mol. The maximum absolute atomic E-state index is 3.58. The molecule has 1 heteroatoms. The van der Waals surface area contributed by atoms with Gasteiger partial charge in [0, 0.05) is 12.1 Å². The normalized spacial score (nSPS) is 14.9. The van der Waals surface area contributed by atoms with Crippen LogP contribution in [0.1, 0.15) is 51.3 Å². The zero-order chi connectivity index (χ0) is 11.3. The summed E-state index contributed by atoms with van der Waals surface area (Å²) in [5.74, 6) is 0. The Bertz CT molecular complexity index is 276. The van der Waals surface area contributed by atoms with Crippen LogP contribution in [0.25, 0.3) is 0 Å². The minimum Gasteiger partial charge on any atom is -0.308 e. The van der Waals surface area contributed by atoms with Gasteiger partial charge in [0.15, 0.2) is 0 Å². The van der Waals surface area contributed by atoms with Gasteiger partial charge in [-0.05, 0) is 37.8 Å². The molecule has 0 unspecified atom stereocenters. The molecule has 0 aliphatic carbocycles. The van der Waals surface area contributed by atoms with Crippen LogP contribution in [0.3, 0.4) is 0 Å². The fourth-order valence-corrected chi connectivity index (χ4v) is 1.68. The Morgan fingerprint density at radius 1 is 1.07 bits per heavy atom. The van der Waals surface area contributed by atoms with Gasteiger partial charge < -0.3 is 5.32 Å². The van der Waals surface area contributed by atoms with Gasteiger partial charge in [0.1, 0.15) is 0 Å². The summed E-state index contributed by atoms with van der Waals surface area (Å²) in [6.45, 7) is 8.87. The van der Waals surface area contributed by atoms with Crippen LogP contribution in [0.15, 0.2) is 24.3 Å². The second-order valence-electron chi connectivity index (χ2n) is 4.29. The molecular formula is C14H23N. The molecule has 1 rings (SSSR count). The number of benzene rings is 1. The first-order chi connectivity index (χ1) is 7.17. The van der Waals surface area contributed by atoms with E-state index in [-0.39, 0.29) is 0 Å². The van der Waals surface area contributed by atoms with Crippen LogP contribution in [0.4, 0.5) is 0 Å². The molecule has 0 heterocycles. The first-order valence-corrected chi connectivity index (χ1v) is 6.02. The van der Waals surface area contributed by atoms with Crippen molar-refractivity contribution in [3.63, 3.8) is 0 Å². The van der Waals surface area contributed by atoms with Gasteiger partial charge in [0.2, 0.25) is 0 Å². The lowest BCUT2D eigenvalue weighted by Gasteiger charge is -2.19. The summed E-state index contributed by atoms with van der Waals surface area (Å²) in [7, 11) is 0. The Balaban J connectivity index is 2.61. The van der Waals surface area contributed by atoms with E-state index in [9.17, 15) is 0 Å². The predicted octanol–water partition coefficient (Wildman–Crippen LogP) is 3.70. The molecule has 84 valence electrons. The maximum Gasteiger partial charge on any atom is 0.0294 e. The largest absolute Gasteiger partial charge is 0.308 e. The van der Waals surface area contributed by atoms with Crippen LogP contribution in [-0.2, 0) is 6.42 Å². The van der Waals surface area contributed by atoms with Crippen molar-refractivity contribution in [1.82, 2.24) is 5.32 Å². The molecule has 1 aromatic rings. The lowest BCUT2D eigenvalue weighted by molar-refractivity contribution is 0.469. The minimum absolute atomic E-state index is 0.450. The SMILES string of the molecule is CCc1ccc([C@@H](C)N[C@@H](C)CC)cc1. The van der Waals surface area contributed by atoms with E-state index in [4.69, 9.17) is 0 Å². The highest BCUT2D eigenvalue weighted by Gasteiger charge is 2.07. The summed E-state index contributed by atoms with van der Waals surface area (Å²) >= 11 is 0. The van der Waals surface area contributed by atoms with Crippen molar-refractivity contribution in [2.24, 2.45) is 0 Å². The Kier molecular flexibility index (Phi) is 4.83. The molecule has 2 atom stereocenters. The van der Waals surface area contributed by atoms with Gasteiger partial charge in [-0.1, -0.05) is 38.1 Å². The third-order valence-corrected chi connectivity index (χ3v) is 3.03. The Morgan fingerprint density at radius 2 is 1.67 bits per heavy atom. The first-order valence-electron chi connectivity index (χ1n) is 6.02. The van der Waals surface area contributed by atoms with Crippen LogP contribution < -0.4 is 5.32 Å². The molecule has 1 aromatic carbocycles. The Labute approximate surface area is 93.9 Å². The van der Waals surface area contributed by atoms with Gasteiger partial charge in [-0.15, -0.1) is 0 Å². The Hall–Kier alpha value is -0.820. The number of hydrogen-bond donors (Lipinski definition) is 1. The lowest BCUT2D eigenvalue weighted by atomic mass is 10.0. The zero-order valence-corrected chi connectivity index (χ0v) is 10.4. The number of aryl methyl sites for hydroxylation is 1. The van der Waals surface area contributed by atoms with Crippen LogP contribution in [0, 0.1) is 0 Å². The van der Waals surface area contributed by atoms with Gasteiger partial charge in [-0.2, -0.15) is 0 Å². The smallest absolute Gasteiger partial charge is 0.0294 e. The van der Waals surface area contributed by atoms with Crippen molar-refractivity contribution >= 4 is 0 Å². The summed E-state index contributed by atoms with van der Waals surface area (Å²) in [5.41, 5.74) is 2.79. The molecule has 0 bridgehead atoms. The van der Waals surface area contributed by atoms with E-state index in [1.54, 1.807) is 0 Å². The standard InChI is InChI=1S/C14H23N/c1-5-11(3)15-12(4)14-9-7-13(6-2)8-10-14/h7-12,15H,5-6H2,1-4H3/t11-,12+/m0/s1. The van der Waals surface area contributed by atoms with E-state index < -0.39 is 0 Å². The molecule has 0 saturated heterocycles. The van der Waals surface area contributed by atoms with Crippen molar-refractivity contribution in [2.75, 3.05) is 0 Å². The van der Waals surface area contributed by atoms with Crippen molar-refractivity contribution in [3.05, 3.63) is 35.4 Å². The van der Waals surface area contributed by atoms with Crippen molar-refractivity contribution in [2.45, 2.75) is 52.6 Å². The van der Waals surface area contributed by atoms with Gasteiger partial charge in [-0.25, -0.2) is 0 Å². The van der Waals surface area contributed by atoms with E-state index in [1.807, 2.05) is 0 Å². The fraction of sp³-hybridized carbons (Fsp3) is 0.571. The molecule has 0 radical (unpaired) electrons. The van der Waals surface area contributed by atoms with Crippen LogP contribution in [0.5, 0.6) is 0 Å². The van der Waals surface area contributed by atoms with Crippen LogP contribution in [-0.4, -0.2) is 6.04 Å². The number of rotatable bonds is 5. The summed E-state index contributed by atoms with van der Waals surface area (Å²) in [4.78, 5) is 0. The number of nitrogens with one attached hydrogen (secondary N) is 1. The minimum atomic E-state index is 0.450. The quantitative estimate of drug-likeness (QED) is 0.773. The van der Waals surface area contributed by atoms with Gasteiger partial charge in [-0.3, -0.25) is 0 Å². The topological polar surface area (TPSA) is 12.0 Å². The summed E-state index contributed by atoms with van der Waals surface area (Å²) in [5, 5.41) is 3.58. The lowest BCUT2D eigenvalue weighted by Crippen LogP contribution is -2.28. The van der Waals surface area contributed by atoms with Crippen molar-refractivity contribution in [1.29, 1.82) is 0 Å². The molecule has 0 spiro atoms. The van der Waals surface area contributed by atoms with Gasteiger partial charge in [0.05, 0.1) is 0 Å². The molecule has 0 fully saturated rings. The molecule has 0 amide bonds. The summed E-state index contributed by atoms with van der Waals surface area (Å²) < 4.78 is 0. The van der Waals surface area contributed by atoms with E-state index in [1.165, 1.54) is 17.5 Å². The molecule has 0 saturated carbocycles. The van der Waals surface area contributed by atoms with E-state index in [0.29, 0.717) is 12.1 Å². The Morgan fingerprint density at radius 3 is 2.13 bits per heavy atom. The average molecular weight is 205 g/mol. The van der Waals surface area contributed by atoms with Crippen LogP contribution >= 0.6 is 0 Å². The molecule has 1 nitrogen and oxygen atoms in total. The van der Waals surface area contributed by atoms with Crippen LogP contribution in [0.2, 0.25) is 0 Å². The van der Waals surface area contributed by atoms with E-state index in [0.717, 1.165) is 6.42 Å².